The van der Waals surface area contributed by atoms with E-state index < -0.39 is 5.43 Å². The maximum Gasteiger partial charge on any atom is 0.227 e. The molecule has 1 aromatic heterocycles. The van der Waals surface area contributed by atoms with E-state index in [4.69, 9.17) is 4.42 Å². The molecule has 0 atom stereocenters. The SMILES string of the molecule is O=c1cc(-c2ccccc2)oc(-c2ccccc2)c1O. The van der Waals surface area contributed by atoms with Crippen LogP contribution in [0.5, 0.6) is 5.75 Å². The summed E-state index contributed by atoms with van der Waals surface area (Å²) in [6, 6.07) is 19.7. The van der Waals surface area contributed by atoms with E-state index in [9.17, 15) is 9.90 Å². The molecule has 0 unspecified atom stereocenters. The fraction of sp³-hybridized carbons (Fsp3) is 0. The maximum absolute atomic E-state index is 11.9. The van der Waals surface area contributed by atoms with Crippen LogP contribution in [0.3, 0.4) is 0 Å². The summed E-state index contributed by atoms with van der Waals surface area (Å²) >= 11 is 0. The van der Waals surface area contributed by atoms with Crippen molar-refractivity contribution >= 4 is 0 Å². The van der Waals surface area contributed by atoms with Crippen LogP contribution in [0.4, 0.5) is 0 Å². The standard InChI is InChI=1S/C17H12O3/c18-14-11-15(12-7-3-1-4-8-12)20-17(16(14)19)13-9-5-2-6-10-13/h1-11,19H. The lowest BCUT2D eigenvalue weighted by Crippen LogP contribution is -2.00. The van der Waals surface area contributed by atoms with Crippen molar-refractivity contribution in [3.05, 3.63) is 77.0 Å². The Hall–Kier alpha value is -2.81. The van der Waals surface area contributed by atoms with E-state index in [0.717, 1.165) is 5.56 Å². The Morgan fingerprint density at radius 3 is 1.95 bits per heavy atom. The quantitative estimate of drug-likeness (QED) is 0.768. The zero-order valence-corrected chi connectivity index (χ0v) is 10.6. The molecule has 1 heterocycles. The second-order valence-electron chi connectivity index (χ2n) is 4.38. The normalized spacial score (nSPS) is 10.4. The predicted molar refractivity (Wildman–Crippen MR) is 77.5 cm³/mol. The molecule has 0 saturated heterocycles. The van der Waals surface area contributed by atoms with Gasteiger partial charge in [-0.2, -0.15) is 0 Å². The Kier molecular flexibility index (Phi) is 3.09. The van der Waals surface area contributed by atoms with Crippen LogP contribution in [-0.2, 0) is 0 Å². The summed E-state index contributed by atoms with van der Waals surface area (Å²) < 4.78 is 5.71. The van der Waals surface area contributed by atoms with Crippen LogP contribution in [0.15, 0.2) is 75.9 Å². The largest absolute Gasteiger partial charge is 0.502 e. The van der Waals surface area contributed by atoms with Gasteiger partial charge in [0.2, 0.25) is 11.2 Å². The van der Waals surface area contributed by atoms with Crippen LogP contribution in [0.2, 0.25) is 0 Å². The molecule has 1 N–H and O–H groups in total. The van der Waals surface area contributed by atoms with Crippen molar-refractivity contribution in [2.75, 3.05) is 0 Å². The van der Waals surface area contributed by atoms with Gasteiger partial charge in [0.1, 0.15) is 5.76 Å². The van der Waals surface area contributed by atoms with Gasteiger partial charge in [0.05, 0.1) is 0 Å². The van der Waals surface area contributed by atoms with E-state index in [1.165, 1.54) is 6.07 Å². The molecule has 20 heavy (non-hydrogen) atoms. The maximum atomic E-state index is 11.9. The van der Waals surface area contributed by atoms with Crippen LogP contribution in [0, 0.1) is 0 Å². The third-order valence-corrected chi connectivity index (χ3v) is 3.02. The van der Waals surface area contributed by atoms with Crippen molar-refractivity contribution in [1.29, 1.82) is 0 Å². The van der Waals surface area contributed by atoms with E-state index >= 15 is 0 Å². The Labute approximate surface area is 115 Å². The molecular weight excluding hydrogens is 252 g/mol. The highest BCUT2D eigenvalue weighted by atomic mass is 16.4. The summed E-state index contributed by atoms with van der Waals surface area (Å²) in [6.45, 7) is 0. The predicted octanol–water partition coefficient (Wildman–Crippen LogP) is 3.68. The van der Waals surface area contributed by atoms with Gasteiger partial charge in [-0.3, -0.25) is 4.79 Å². The molecule has 0 radical (unpaired) electrons. The highest BCUT2D eigenvalue weighted by molar-refractivity contribution is 5.67. The third-order valence-electron chi connectivity index (χ3n) is 3.02. The highest BCUT2D eigenvalue weighted by Gasteiger charge is 2.13. The molecule has 0 spiro atoms. The first kappa shape index (κ1) is 12.2. The monoisotopic (exact) mass is 264 g/mol. The van der Waals surface area contributed by atoms with Crippen LogP contribution >= 0.6 is 0 Å². The minimum atomic E-state index is -0.450. The lowest BCUT2D eigenvalue weighted by atomic mass is 10.1. The third kappa shape index (κ3) is 2.21. The van der Waals surface area contributed by atoms with Gasteiger partial charge in [0.15, 0.2) is 5.76 Å². The molecule has 98 valence electrons. The van der Waals surface area contributed by atoms with Gasteiger partial charge in [-0.25, -0.2) is 0 Å². The van der Waals surface area contributed by atoms with Crippen molar-refractivity contribution in [3.8, 4) is 28.4 Å². The second kappa shape index (κ2) is 5.05. The summed E-state index contributed by atoms with van der Waals surface area (Å²) in [5.41, 5.74) is 1.01. The van der Waals surface area contributed by atoms with Crippen LogP contribution in [0.25, 0.3) is 22.6 Å². The van der Waals surface area contributed by atoms with Crippen molar-refractivity contribution in [2.45, 2.75) is 0 Å². The summed E-state index contributed by atoms with van der Waals surface area (Å²) in [7, 11) is 0. The highest BCUT2D eigenvalue weighted by Crippen LogP contribution is 2.30. The average molecular weight is 264 g/mol. The molecule has 3 nitrogen and oxygen atoms in total. The zero-order chi connectivity index (χ0) is 13.9. The Morgan fingerprint density at radius 2 is 1.35 bits per heavy atom. The number of hydrogen-bond acceptors (Lipinski definition) is 3. The van der Waals surface area contributed by atoms with E-state index in [0.29, 0.717) is 11.3 Å². The molecule has 0 saturated carbocycles. The molecule has 0 fully saturated rings. The molecule has 2 aromatic carbocycles. The molecule has 0 aliphatic rings. The fourth-order valence-corrected chi connectivity index (χ4v) is 2.02. The molecule has 0 aliphatic heterocycles. The minimum Gasteiger partial charge on any atom is -0.502 e. The molecule has 0 bridgehead atoms. The summed E-state index contributed by atoms with van der Waals surface area (Å²) in [4.78, 5) is 11.9. The van der Waals surface area contributed by atoms with E-state index in [-0.39, 0.29) is 11.5 Å². The average Bonchev–Trinajstić information content (AvgIpc) is 2.51. The lowest BCUT2D eigenvalue weighted by Gasteiger charge is -2.06. The first-order valence-corrected chi connectivity index (χ1v) is 6.23. The van der Waals surface area contributed by atoms with Crippen LogP contribution in [0.1, 0.15) is 0 Å². The number of aromatic hydroxyl groups is 1. The lowest BCUT2D eigenvalue weighted by molar-refractivity contribution is 0.441. The summed E-state index contributed by atoms with van der Waals surface area (Å²) in [5.74, 6) is 0.264. The smallest absolute Gasteiger partial charge is 0.227 e. The number of rotatable bonds is 2. The van der Waals surface area contributed by atoms with Gasteiger partial charge in [-0.15, -0.1) is 0 Å². The Balaban J connectivity index is 2.22. The number of hydrogen-bond donors (Lipinski definition) is 1. The van der Waals surface area contributed by atoms with E-state index in [1.54, 1.807) is 12.1 Å². The van der Waals surface area contributed by atoms with E-state index in [2.05, 4.69) is 0 Å². The van der Waals surface area contributed by atoms with Crippen molar-refractivity contribution < 1.29 is 9.52 Å². The molecule has 0 aliphatic carbocycles. The van der Waals surface area contributed by atoms with Crippen molar-refractivity contribution in [2.24, 2.45) is 0 Å². The second-order valence-corrected chi connectivity index (χ2v) is 4.38. The van der Waals surface area contributed by atoms with Gasteiger partial charge in [-0.05, 0) is 0 Å². The first-order valence-electron chi connectivity index (χ1n) is 6.23. The zero-order valence-electron chi connectivity index (χ0n) is 10.6. The van der Waals surface area contributed by atoms with Crippen molar-refractivity contribution in [3.63, 3.8) is 0 Å². The molecule has 3 heteroatoms. The Morgan fingerprint density at radius 1 is 0.800 bits per heavy atom. The summed E-state index contributed by atoms with van der Waals surface area (Å²) in [6.07, 6.45) is 0. The molecule has 0 amide bonds. The van der Waals surface area contributed by atoms with Gasteiger partial charge >= 0.3 is 0 Å². The van der Waals surface area contributed by atoms with Gasteiger partial charge in [0, 0.05) is 17.2 Å². The first-order chi connectivity index (χ1) is 9.75. The fourth-order valence-electron chi connectivity index (χ4n) is 2.02. The topological polar surface area (TPSA) is 50.4 Å². The molecule has 3 aromatic rings. The van der Waals surface area contributed by atoms with E-state index in [1.807, 2.05) is 48.5 Å². The van der Waals surface area contributed by atoms with Crippen LogP contribution in [-0.4, -0.2) is 5.11 Å². The summed E-state index contributed by atoms with van der Waals surface area (Å²) in [5, 5.41) is 9.92. The molecular formula is C17H12O3. The van der Waals surface area contributed by atoms with Gasteiger partial charge in [-0.1, -0.05) is 60.7 Å². The Bertz CT molecular complexity index is 774. The van der Waals surface area contributed by atoms with Crippen molar-refractivity contribution in [1.82, 2.24) is 0 Å². The molecule has 3 rings (SSSR count). The minimum absolute atomic E-state index is 0.192. The number of benzene rings is 2. The van der Waals surface area contributed by atoms with Gasteiger partial charge < -0.3 is 9.52 Å². The van der Waals surface area contributed by atoms with Crippen LogP contribution < -0.4 is 5.43 Å². The van der Waals surface area contributed by atoms with Gasteiger partial charge in [0.25, 0.3) is 0 Å².